The van der Waals surface area contributed by atoms with E-state index in [1.54, 1.807) is 0 Å². The van der Waals surface area contributed by atoms with Crippen molar-refractivity contribution in [3.8, 4) is 0 Å². The summed E-state index contributed by atoms with van der Waals surface area (Å²) in [5, 5.41) is 3.41. The molecule has 0 spiro atoms. The molecule has 0 bridgehead atoms. The highest BCUT2D eigenvalue weighted by molar-refractivity contribution is 9.10. The van der Waals surface area contributed by atoms with Crippen molar-refractivity contribution < 1.29 is 0 Å². The Labute approximate surface area is 97.9 Å². The number of nitrogens with one attached hydrogen (secondary N) is 1. The van der Waals surface area contributed by atoms with Crippen molar-refractivity contribution in [1.29, 1.82) is 0 Å². The maximum atomic E-state index is 4.57. The summed E-state index contributed by atoms with van der Waals surface area (Å²) in [6.45, 7) is 1.94. The lowest BCUT2D eigenvalue weighted by Crippen LogP contribution is -2.31. The van der Waals surface area contributed by atoms with Gasteiger partial charge in [0.2, 0.25) is 0 Å². The minimum atomic E-state index is 0.223. The number of aliphatic imine (C=N–C) groups is 1. The van der Waals surface area contributed by atoms with Crippen LogP contribution >= 0.6 is 15.9 Å². The van der Waals surface area contributed by atoms with Crippen LogP contribution in [0.25, 0.3) is 0 Å². The van der Waals surface area contributed by atoms with Gasteiger partial charge in [-0.1, -0.05) is 28.1 Å². The van der Waals surface area contributed by atoms with Crippen LogP contribution in [0.15, 0.2) is 33.7 Å². The average Bonchev–Trinajstić information content (AvgIpc) is 2.87. The summed E-state index contributed by atoms with van der Waals surface area (Å²) in [4.78, 5) is 4.57. The van der Waals surface area contributed by atoms with Crippen LogP contribution in [0.5, 0.6) is 0 Å². The topological polar surface area (TPSA) is 24.4 Å². The van der Waals surface area contributed by atoms with E-state index in [-0.39, 0.29) is 5.41 Å². The summed E-state index contributed by atoms with van der Waals surface area (Å²) in [6, 6.07) is 8.61. The molecule has 1 saturated carbocycles. The highest BCUT2D eigenvalue weighted by Crippen LogP contribution is 2.49. The fraction of sp³-hybridized carbons (Fsp3) is 0.417. The third kappa shape index (κ3) is 1.49. The van der Waals surface area contributed by atoms with Crippen LogP contribution in [0.1, 0.15) is 18.4 Å². The van der Waals surface area contributed by atoms with E-state index in [1.165, 1.54) is 24.2 Å². The molecule has 0 atom stereocenters. The molecule has 78 valence electrons. The van der Waals surface area contributed by atoms with E-state index in [2.05, 4.69) is 50.5 Å². The van der Waals surface area contributed by atoms with Gasteiger partial charge in [-0.25, -0.2) is 0 Å². The first-order valence-electron chi connectivity index (χ1n) is 5.36. The Kier molecular flexibility index (Phi) is 2.09. The molecule has 0 unspecified atom stereocenters. The summed E-state index contributed by atoms with van der Waals surface area (Å²) in [6.07, 6.45) is 2.46. The Bertz CT molecular complexity index is 421. The smallest absolute Gasteiger partial charge is 0.107 e. The highest BCUT2D eigenvalue weighted by Gasteiger charge is 2.49. The zero-order chi connectivity index (χ0) is 10.3. The minimum absolute atomic E-state index is 0.223. The molecule has 0 radical (unpaired) electrons. The predicted octanol–water partition coefficient (Wildman–Crippen LogP) is 2.48. The molecular weight excluding hydrogens is 252 g/mol. The summed E-state index contributed by atoms with van der Waals surface area (Å²) >= 11 is 3.53. The fourth-order valence-corrected chi connectivity index (χ4v) is 2.69. The van der Waals surface area contributed by atoms with Crippen LogP contribution in [0.3, 0.4) is 0 Å². The van der Waals surface area contributed by atoms with E-state index >= 15 is 0 Å². The number of nitrogens with zero attached hydrogens (tertiary/aromatic N) is 1. The van der Waals surface area contributed by atoms with Gasteiger partial charge in [0.25, 0.3) is 0 Å². The second-order valence-electron chi connectivity index (χ2n) is 4.25. The Hall–Kier alpha value is -0.830. The Morgan fingerprint density at radius 2 is 2.20 bits per heavy atom. The number of halogens is 1. The van der Waals surface area contributed by atoms with Crippen LogP contribution < -0.4 is 5.32 Å². The van der Waals surface area contributed by atoms with Crippen molar-refractivity contribution >= 4 is 21.8 Å². The number of hydrogen-bond acceptors (Lipinski definition) is 2. The van der Waals surface area contributed by atoms with Gasteiger partial charge in [0.05, 0.1) is 12.0 Å². The number of rotatable bonds is 2. The zero-order valence-electron chi connectivity index (χ0n) is 8.46. The molecule has 3 rings (SSSR count). The molecule has 1 aromatic carbocycles. The molecule has 1 aliphatic heterocycles. The molecule has 1 N–H and O–H groups in total. The maximum absolute atomic E-state index is 4.57. The van der Waals surface area contributed by atoms with Gasteiger partial charge in [-0.3, -0.25) is 4.99 Å². The normalized spacial score (nSPS) is 22.1. The lowest BCUT2D eigenvalue weighted by atomic mass is 9.95. The van der Waals surface area contributed by atoms with E-state index in [0.29, 0.717) is 0 Å². The monoisotopic (exact) mass is 264 g/mol. The molecule has 2 aliphatic rings. The first-order valence-corrected chi connectivity index (χ1v) is 6.15. The predicted molar refractivity (Wildman–Crippen MR) is 65.4 cm³/mol. The molecule has 2 nitrogen and oxygen atoms in total. The fourth-order valence-electron chi connectivity index (χ4n) is 2.29. The first kappa shape index (κ1) is 9.40. The third-order valence-corrected chi connectivity index (χ3v) is 3.75. The Morgan fingerprint density at radius 3 is 2.80 bits per heavy atom. The number of hydrogen-bond donors (Lipinski definition) is 1. The second kappa shape index (κ2) is 3.34. The molecular formula is C12H13BrN2. The SMILES string of the molecule is Brc1cccc(C2(C3=NCCN3)CC2)c1. The summed E-state index contributed by atoms with van der Waals surface area (Å²) in [7, 11) is 0. The van der Waals surface area contributed by atoms with Crippen molar-refractivity contribution in [3.05, 3.63) is 34.3 Å². The van der Waals surface area contributed by atoms with Crippen LogP contribution in [0.4, 0.5) is 0 Å². The van der Waals surface area contributed by atoms with Gasteiger partial charge in [0.15, 0.2) is 0 Å². The van der Waals surface area contributed by atoms with E-state index in [4.69, 9.17) is 0 Å². The van der Waals surface area contributed by atoms with Gasteiger partial charge in [-0.2, -0.15) is 0 Å². The van der Waals surface area contributed by atoms with Crippen molar-refractivity contribution in [3.63, 3.8) is 0 Å². The van der Waals surface area contributed by atoms with Crippen LogP contribution in [0.2, 0.25) is 0 Å². The van der Waals surface area contributed by atoms with Gasteiger partial charge < -0.3 is 5.32 Å². The Morgan fingerprint density at radius 1 is 1.33 bits per heavy atom. The molecule has 0 saturated heterocycles. The largest absolute Gasteiger partial charge is 0.371 e. The van der Waals surface area contributed by atoms with Crippen LogP contribution in [-0.2, 0) is 5.41 Å². The van der Waals surface area contributed by atoms with Crippen molar-refractivity contribution in [2.45, 2.75) is 18.3 Å². The molecule has 0 amide bonds. The van der Waals surface area contributed by atoms with Gasteiger partial charge in [-0.15, -0.1) is 0 Å². The molecule has 1 heterocycles. The third-order valence-electron chi connectivity index (χ3n) is 3.25. The lowest BCUT2D eigenvalue weighted by molar-refractivity contribution is 0.880. The van der Waals surface area contributed by atoms with Crippen LogP contribution in [-0.4, -0.2) is 18.9 Å². The van der Waals surface area contributed by atoms with E-state index in [1.807, 2.05) is 0 Å². The van der Waals surface area contributed by atoms with Gasteiger partial charge in [-0.05, 0) is 30.5 Å². The molecule has 1 aliphatic carbocycles. The van der Waals surface area contributed by atoms with E-state index in [0.717, 1.165) is 17.6 Å². The number of amidine groups is 1. The minimum Gasteiger partial charge on any atom is -0.371 e. The lowest BCUT2D eigenvalue weighted by Gasteiger charge is -2.16. The quantitative estimate of drug-likeness (QED) is 0.872. The van der Waals surface area contributed by atoms with Gasteiger partial charge >= 0.3 is 0 Å². The van der Waals surface area contributed by atoms with Crippen molar-refractivity contribution in [2.24, 2.45) is 4.99 Å². The summed E-state index contributed by atoms with van der Waals surface area (Å²) < 4.78 is 1.16. The average molecular weight is 265 g/mol. The van der Waals surface area contributed by atoms with Crippen LogP contribution in [0, 0.1) is 0 Å². The summed E-state index contributed by atoms with van der Waals surface area (Å²) in [5.41, 5.74) is 1.62. The molecule has 15 heavy (non-hydrogen) atoms. The maximum Gasteiger partial charge on any atom is 0.107 e. The molecule has 3 heteroatoms. The van der Waals surface area contributed by atoms with Gasteiger partial charge in [0.1, 0.15) is 5.84 Å². The van der Waals surface area contributed by atoms with Crippen molar-refractivity contribution in [1.82, 2.24) is 5.32 Å². The number of benzene rings is 1. The molecule has 1 fully saturated rings. The zero-order valence-corrected chi connectivity index (χ0v) is 10.0. The summed E-state index contributed by atoms with van der Waals surface area (Å²) in [5.74, 6) is 1.21. The molecule has 1 aromatic rings. The Balaban J connectivity index is 1.99. The van der Waals surface area contributed by atoms with Crippen molar-refractivity contribution in [2.75, 3.05) is 13.1 Å². The van der Waals surface area contributed by atoms with Gasteiger partial charge in [0, 0.05) is 11.0 Å². The standard InChI is InChI=1S/C12H13BrN2/c13-10-3-1-2-9(8-10)12(4-5-12)11-14-6-7-15-11/h1-3,8H,4-7H2,(H,14,15). The first-order chi connectivity index (χ1) is 7.31. The molecule has 0 aromatic heterocycles. The van der Waals surface area contributed by atoms with E-state index < -0.39 is 0 Å². The van der Waals surface area contributed by atoms with E-state index in [9.17, 15) is 0 Å². The highest BCUT2D eigenvalue weighted by atomic mass is 79.9. The second-order valence-corrected chi connectivity index (χ2v) is 5.17.